The molecule has 0 aromatic heterocycles. The van der Waals surface area contributed by atoms with E-state index < -0.39 is 10.0 Å². The van der Waals surface area contributed by atoms with Crippen LogP contribution < -0.4 is 10.0 Å². The number of benzene rings is 3. The Morgan fingerprint density at radius 1 is 0.857 bits per heavy atom. The number of sulfonamides is 1. The van der Waals surface area contributed by atoms with Crippen LogP contribution in [0.4, 0.5) is 5.69 Å². The van der Waals surface area contributed by atoms with Crippen LogP contribution in [0.2, 0.25) is 0 Å². The maximum absolute atomic E-state index is 12.5. The zero-order chi connectivity index (χ0) is 20.1. The SMILES string of the molecule is Cc1ccc(C(C)NC(=O)c2ccc(NS(=O)(=O)c3ccccc3)cc2)cc1. The van der Waals surface area contributed by atoms with Crippen LogP contribution in [0.15, 0.2) is 83.8 Å². The maximum atomic E-state index is 12.5. The molecule has 3 aromatic carbocycles. The second-order valence-electron chi connectivity index (χ2n) is 6.60. The minimum atomic E-state index is -3.66. The highest BCUT2D eigenvalue weighted by atomic mass is 32.2. The Morgan fingerprint density at radius 2 is 1.46 bits per heavy atom. The number of hydrogen-bond acceptors (Lipinski definition) is 3. The van der Waals surface area contributed by atoms with Gasteiger partial charge in [0.05, 0.1) is 10.9 Å². The minimum Gasteiger partial charge on any atom is -0.346 e. The molecule has 0 aliphatic heterocycles. The van der Waals surface area contributed by atoms with Crippen LogP contribution >= 0.6 is 0 Å². The minimum absolute atomic E-state index is 0.135. The van der Waals surface area contributed by atoms with Crippen molar-refractivity contribution < 1.29 is 13.2 Å². The summed E-state index contributed by atoms with van der Waals surface area (Å²) in [6, 6.07) is 22.3. The molecule has 0 bridgehead atoms. The molecular formula is C22H22N2O3S. The first-order valence-corrected chi connectivity index (χ1v) is 10.4. The van der Waals surface area contributed by atoms with Crippen LogP contribution in [0, 0.1) is 6.92 Å². The topological polar surface area (TPSA) is 75.3 Å². The van der Waals surface area contributed by atoms with Crippen molar-refractivity contribution >= 4 is 21.6 Å². The third-order valence-corrected chi connectivity index (χ3v) is 5.77. The molecule has 1 amide bonds. The van der Waals surface area contributed by atoms with Crippen LogP contribution in [0.1, 0.15) is 34.5 Å². The number of nitrogens with one attached hydrogen (secondary N) is 2. The number of carbonyl (C=O) groups excluding carboxylic acids is 1. The quantitative estimate of drug-likeness (QED) is 0.655. The predicted octanol–water partition coefficient (Wildman–Crippen LogP) is 4.29. The number of aryl methyl sites for hydroxylation is 1. The third-order valence-electron chi connectivity index (χ3n) is 4.38. The van der Waals surface area contributed by atoms with Crippen molar-refractivity contribution in [2.24, 2.45) is 0 Å². The lowest BCUT2D eigenvalue weighted by Crippen LogP contribution is -2.26. The summed E-state index contributed by atoms with van der Waals surface area (Å²) >= 11 is 0. The molecule has 0 fully saturated rings. The van der Waals surface area contributed by atoms with Gasteiger partial charge in [0, 0.05) is 11.3 Å². The Kier molecular flexibility index (Phi) is 5.80. The van der Waals surface area contributed by atoms with E-state index in [1.54, 1.807) is 42.5 Å². The molecule has 5 nitrogen and oxygen atoms in total. The predicted molar refractivity (Wildman–Crippen MR) is 111 cm³/mol. The third kappa shape index (κ3) is 4.78. The lowest BCUT2D eigenvalue weighted by Gasteiger charge is -2.15. The number of rotatable bonds is 6. The molecule has 6 heteroatoms. The summed E-state index contributed by atoms with van der Waals surface area (Å²) in [7, 11) is -3.66. The van der Waals surface area contributed by atoms with Gasteiger partial charge >= 0.3 is 0 Å². The van der Waals surface area contributed by atoms with E-state index in [9.17, 15) is 13.2 Å². The van der Waals surface area contributed by atoms with Gasteiger partial charge in [-0.15, -0.1) is 0 Å². The first-order valence-electron chi connectivity index (χ1n) is 8.90. The number of anilines is 1. The molecular weight excluding hydrogens is 372 g/mol. The first kappa shape index (κ1) is 19.6. The summed E-state index contributed by atoms with van der Waals surface area (Å²) in [6.45, 7) is 3.94. The van der Waals surface area contributed by atoms with Crippen LogP contribution in [-0.4, -0.2) is 14.3 Å². The smallest absolute Gasteiger partial charge is 0.261 e. The Balaban J connectivity index is 1.66. The normalized spacial score (nSPS) is 12.2. The molecule has 0 saturated carbocycles. The first-order chi connectivity index (χ1) is 13.3. The van der Waals surface area contributed by atoms with Gasteiger partial charge in [-0.05, 0) is 55.8 Å². The van der Waals surface area contributed by atoms with Gasteiger partial charge in [0.2, 0.25) is 0 Å². The Labute approximate surface area is 165 Å². The average Bonchev–Trinajstić information content (AvgIpc) is 2.69. The van der Waals surface area contributed by atoms with Gasteiger partial charge in [0.1, 0.15) is 0 Å². The van der Waals surface area contributed by atoms with Gasteiger partial charge in [0.15, 0.2) is 0 Å². The summed E-state index contributed by atoms with van der Waals surface area (Å²) < 4.78 is 27.2. The van der Waals surface area contributed by atoms with Crippen molar-refractivity contribution in [3.05, 3.63) is 95.6 Å². The molecule has 2 N–H and O–H groups in total. The number of carbonyl (C=O) groups is 1. The fourth-order valence-corrected chi connectivity index (χ4v) is 3.80. The molecule has 3 rings (SSSR count). The highest BCUT2D eigenvalue weighted by molar-refractivity contribution is 7.92. The van der Waals surface area contributed by atoms with E-state index in [0.29, 0.717) is 11.3 Å². The summed E-state index contributed by atoms with van der Waals surface area (Å²) in [5.74, 6) is -0.217. The van der Waals surface area contributed by atoms with Crippen molar-refractivity contribution in [1.29, 1.82) is 0 Å². The zero-order valence-electron chi connectivity index (χ0n) is 15.7. The molecule has 0 spiro atoms. The van der Waals surface area contributed by atoms with Crippen LogP contribution in [0.5, 0.6) is 0 Å². The van der Waals surface area contributed by atoms with Crippen molar-refractivity contribution in [3.63, 3.8) is 0 Å². The Bertz CT molecular complexity index is 1050. The summed E-state index contributed by atoms with van der Waals surface area (Å²) in [5.41, 5.74) is 3.04. The Hall–Kier alpha value is -3.12. The van der Waals surface area contributed by atoms with Crippen molar-refractivity contribution in [3.8, 4) is 0 Å². The van der Waals surface area contributed by atoms with E-state index in [0.717, 1.165) is 11.1 Å². The Morgan fingerprint density at radius 3 is 2.07 bits per heavy atom. The van der Waals surface area contributed by atoms with Crippen LogP contribution in [0.25, 0.3) is 0 Å². The zero-order valence-corrected chi connectivity index (χ0v) is 16.5. The van der Waals surface area contributed by atoms with Gasteiger partial charge < -0.3 is 5.32 Å². The number of hydrogen-bond donors (Lipinski definition) is 2. The molecule has 1 atom stereocenters. The maximum Gasteiger partial charge on any atom is 0.261 e. The lowest BCUT2D eigenvalue weighted by molar-refractivity contribution is 0.0940. The highest BCUT2D eigenvalue weighted by Crippen LogP contribution is 2.18. The van der Waals surface area contributed by atoms with E-state index in [4.69, 9.17) is 0 Å². The highest BCUT2D eigenvalue weighted by Gasteiger charge is 2.15. The van der Waals surface area contributed by atoms with E-state index in [1.807, 2.05) is 38.1 Å². The van der Waals surface area contributed by atoms with Crippen molar-refractivity contribution in [2.75, 3.05) is 4.72 Å². The molecule has 1 unspecified atom stereocenters. The van der Waals surface area contributed by atoms with Gasteiger partial charge in [-0.1, -0.05) is 48.0 Å². The fraction of sp³-hybridized carbons (Fsp3) is 0.136. The molecule has 0 saturated heterocycles. The molecule has 0 aliphatic rings. The second kappa shape index (κ2) is 8.27. The van der Waals surface area contributed by atoms with Gasteiger partial charge in [-0.25, -0.2) is 8.42 Å². The van der Waals surface area contributed by atoms with Gasteiger partial charge in [-0.3, -0.25) is 9.52 Å². The van der Waals surface area contributed by atoms with Gasteiger partial charge in [-0.2, -0.15) is 0 Å². The van der Waals surface area contributed by atoms with Gasteiger partial charge in [0.25, 0.3) is 15.9 Å². The van der Waals surface area contributed by atoms with Crippen LogP contribution in [-0.2, 0) is 10.0 Å². The molecule has 3 aromatic rings. The average molecular weight is 394 g/mol. The summed E-state index contributed by atoms with van der Waals surface area (Å²) in [6.07, 6.45) is 0. The van der Waals surface area contributed by atoms with Crippen molar-refractivity contribution in [2.45, 2.75) is 24.8 Å². The van der Waals surface area contributed by atoms with E-state index >= 15 is 0 Å². The van der Waals surface area contributed by atoms with Crippen LogP contribution in [0.3, 0.4) is 0 Å². The summed E-state index contributed by atoms with van der Waals surface area (Å²) in [4.78, 5) is 12.6. The lowest BCUT2D eigenvalue weighted by atomic mass is 10.1. The summed E-state index contributed by atoms with van der Waals surface area (Å²) in [5, 5.41) is 2.95. The monoisotopic (exact) mass is 394 g/mol. The second-order valence-corrected chi connectivity index (χ2v) is 8.28. The van der Waals surface area contributed by atoms with Crippen molar-refractivity contribution in [1.82, 2.24) is 5.32 Å². The fourth-order valence-electron chi connectivity index (χ4n) is 2.72. The number of amides is 1. The molecule has 28 heavy (non-hydrogen) atoms. The molecule has 0 radical (unpaired) electrons. The van der Waals surface area contributed by atoms with E-state index in [1.165, 1.54) is 12.1 Å². The van der Waals surface area contributed by atoms with E-state index in [2.05, 4.69) is 10.0 Å². The standard InChI is InChI=1S/C22H22N2O3S/c1-16-8-10-18(11-9-16)17(2)23-22(25)19-12-14-20(15-13-19)24-28(26,27)21-6-4-3-5-7-21/h3-15,17,24H,1-2H3,(H,23,25). The molecule has 144 valence electrons. The molecule has 0 heterocycles. The largest absolute Gasteiger partial charge is 0.346 e. The molecule has 0 aliphatic carbocycles. The van der Waals surface area contributed by atoms with E-state index in [-0.39, 0.29) is 16.8 Å².